The first-order valence-electron chi connectivity index (χ1n) is 7.47. The molecular weight excluding hydrogens is 256 g/mol. The minimum atomic E-state index is 0.0723. The summed E-state index contributed by atoms with van der Waals surface area (Å²) >= 11 is 0. The topological polar surface area (TPSA) is 80.0 Å². The highest BCUT2D eigenvalue weighted by Gasteiger charge is 2.08. The van der Waals surface area contributed by atoms with Crippen molar-refractivity contribution >= 4 is 5.91 Å². The molecule has 0 radical (unpaired) electrons. The van der Waals surface area contributed by atoms with Crippen molar-refractivity contribution in [3.05, 3.63) is 11.7 Å². The summed E-state index contributed by atoms with van der Waals surface area (Å²) in [5.74, 6) is 1.46. The van der Waals surface area contributed by atoms with E-state index in [2.05, 4.69) is 41.5 Å². The van der Waals surface area contributed by atoms with E-state index < -0.39 is 0 Å². The third-order valence-electron chi connectivity index (χ3n) is 2.94. The van der Waals surface area contributed by atoms with Gasteiger partial charge in [0.15, 0.2) is 5.82 Å². The summed E-state index contributed by atoms with van der Waals surface area (Å²) < 4.78 is 5.13. The zero-order chi connectivity index (χ0) is 14.8. The van der Waals surface area contributed by atoms with Gasteiger partial charge in [-0.25, -0.2) is 0 Å². The highest BCUT2D eigenvalue weighted by Crippen LogP contribution is 2.04. The molecule has 1 atom stereocenters. The lowest BCUT2D eigenvalue weighted by Crippen LogP contribution is -2.38. The number of carbonyl (C=O) groups is 1. The van der Waals surface area contributed by atoms with Crippen LogP contribution in [-0.2, 0) is 17.6 Å². The van der Waals surface area contributed by atoms with Crippen LogP contribution < -0.4 is 10.6 Å². The van der Waals surface area contributed by atoms with E-state index in [0.717, 1.165) is 31.6 Å². The summed E-state index contributed by atoms with van der Waals surface area (Å²) in [6.45, 7) is 7.75. The van der Waals surface area contributed by atoms with Crippen molar-refractivity contribution in [2.75, 3.05) is 13.1 Å². The lowest BCUT2D eigenvalue weighted by molar-refractivity contribution is -0.121. The van der Waals surface area contributed by atoms with Crippen LogP contribution in [0.25, 0.3) is 0 Å². The summed E-state index contributed by atoms with van der Waals surface area (Å²) in [4.78, 5) is 15.9. The molecule has 0 aliphatic rings. The van der Waals surface area contributed by atoms with Crippen molar-refractivity contribution in [2.45, 2.75) is 58.9 Å². The first-order chi connectivity index (χ1) is 9.65. The number of hydrogen-bond acceptors (Lipinski definition) is 5. The van der Waals surface area contributed by atoms with Crippen molar-refractivity contribution in [2.24, 2.45) is 0 Å². The van der Waals surface area contributed by atoms with Crippen molar-refractivity contribution in [1.82, 2.24) is 20.8 Å². The first kappa shape index (κ1) is 16.6. The maximum absolute atomic E-state index is 11.6. The van der Waals surface area contributed by atoms with Crippen LogP contribution in [0, 0.1) is 0 Å². The number of likely N-dealkylation sites (N-methyl/N-ethyl adjacent to an activating group) is 1. The van der Waals surface area contributed by atoms with Crippen LogP contribution in [0.2, 0.25) is 0 Å². The molecule has 0 fully saturated rings. The van der Waals surface area contributed by atoms with Gasteiger partial charge in [0.25, 0.3) is 0 Å². The number of aromatic nitrogens is 2. The Bertz CT molecular complexity index is 392. The van der Waals surface area contributed by atoms with E-state index in [1.165, 1.54) is 0 Å². The molecule has 0 unspecified atom stereocenters. The van der Waals surface area contributed by atoms with Crippen molar-refractivity contribution in [1.29, 1.82) is 0 Å². The Morgan fingerprint density at radius 2 is 2.15 bits per heavy atom. The molecule has 1 rings (SSSR count). The molecule has 6 heteroatoms. The van der Waals surface area contributed by atoms with Gasteiger partial charge < -0.3 is 15.2 Å². The molecule has 0 aromatic carbocycles. The Morgan fingerprint density at radius 1 is 1.35 bits per heavy atom. The van der Waals surface area contributed by atoms with Gasteiger partial charge in [-0.15, -0.1) is 0 Å². The van der Waals surface area contributed by atoms with Gasteiger partial charge in [0, 0.05) is 31.8 Å². The van der Waals surface area contributed by atoms with Gasteiger partial charge in [-0.1, -0.05) is 19.0 Å². The highest BCUT2D eigenvalue weighted by atomic mass is 16.5. The Hall–Kier alpha value is -1.43. The molecule has 0 aliphatic heterocycles. The van der Waals surface area contributed by atoms with Gasteiger partial charge in [0.05, 0.1) is 0 Å². The molecule has 1 amide bonds. The van der Waals surface area contributed by atoms with Crippen molar-refractivity contribution < 1.29 is 9.32 Å². The molecule has 114 valence electrons. The highest BCUT2D eigenvalue weighted by molar-refractivity contribution is 5.75. The first-order valence-corrected chi connectivity index (χ1v) is 7.47. The van der Waals surface area contributed by atoms with Gasteiger partial charge in [0.1, 0.15) is 0 Å². The summed E-state index contributed by atoms with van der Waals surface area (Å²) in [6.07, 6.45) is 3.73. The van der Waals surface area contributed by atoms with Gasteiger partial charge >= 0.3 is 0 Å². The summed E-state index contributed by atoms with van der Waals surface area (Å²) in [6, 6.07) is 0.302. The fourth-order valence-corrected chi connectivity index (χ4v) is 1.89. The van der Waals surface area contributed by atoms with Crippen LogP contribution >= 0.6 is 0 Å². The Labute approximate surface area is 120 Å². The van der Waals surface area contributed by atoms with Gasteiger partial charge in [0.2, 0.25) is 11.8 Å². The number of amides is 1. The van der Waals surface area contributed by atoms with Gasteiger partial charge in [-0.3, -0.25) is 4.79 Å². The van der Waals surface area contributed by atoms with Crippen LogP contribution in [0.1, 0.15) is 51.7 Å². The second-order valence-corrected chi connectivity index (χ2v) is 4.97. The van der Waals surface area contributed by atoms with Crippen LogP contribution in [-0.4, -0.2) is 35.2 Å². The zero-order valence-electron chi connectivity index (χ0n) is 12.7. The second kappa shape index (κ2) is 9.47. The second-order valence-electron chi connectivity index (χ2n) is 4.97. The normalized spacial score (nSPS) is 12.3. The van der Waals surface area contributed by atoms with Crippen molar-refractivity contribution in [3.63, 3.8) is 0 Å². The Kier molecular flexibility index (Phi) is 7.87. The smallest absolute Gasteiger partial charge is 0.226 e. The van der Waals surface area contributed by atoms with E-state index in [9.17, 15) is 4.79 Å². The van der Waals surface area contributed by atoms with E-state index in [4.69, 9.17) is 4.52 Å². The van der Waals surface area contributed by atoms with E-state index in [1.54, 1.807) is 0 Å². The molecule has 1 aromatic rings. The predicted octanol–water partition coefficient (Wildman–Crippen LogP) is 1.46. The molecule has 1 heterocycles. The van der Waals surface area contributed by atoms with E-state index in [1.807, 2.05) is 0 Å². The molecule has 0 aliphatic carbocycles. The molecule has 0 saturated carbocycles. The zero-order valence-corrected chi connectivity index (χ0v) is 12.7. The molecule has 1 aromatic heterocycles. The molecule has 20 heavy (non-hydrogen) atoms. The average Bonchev–Trinajstić information content (AvgIpc) is 2.85. The van der Waals surface area contributed by atoms with E-state index in [0.29, 0.717) is 31.3 Å². The third kappa shape index (κ3) is 6.65. The standard InChI is InChI=1S/C14H26N4O2/c1-4-7-12-17-14(20-18-12)9-6-8-13(19)16-10-11(3)15-5-2/h11,15H,4-10H2,1-3H3,(H,16,19)/t11-/m1/s1. The fourth-order valence-electron chi connectivity index (χ4n) is 1.89. The van der Waals surface area contributed by atoms with Crippen LogP contribution in [0.3, 0.4) is 0 Å². The maximum Gasteiger partial charge on any atom is 0.226 e. The number of aryl methyl sites for hydroxylation is 2. The molecule has 0 saturated heterocycles. The Morgan fingerprint density at radius 3 is 2.85 bits per heavy atom. The maximum atomic E-state index is 11.6. The average molecular weight is 282 g/mol. The summed E-state index contributed by atoms with van der Waals surface area (Å²) in [5.41, 5.74) is 0. The quantitative estimate of drug-likeness (QED) is 0.679. The van der Waals surface area contributed by atoms with Gasteiger partial charge in [-0.2, -0.15) is 4.98 Å². The number of nitrogens with one attached hydrogen (secondary N) is 2. The summed E-state index contributed by atoms with van der Waals surface area (Å²) in [5, 5.41) is 10.0. The number of carbonyl (C=O) groups excluding carboxylic acids is 1. The predicted molar refractivity (Wildman–Crippen MR) is 77.4 cm³/mol. The largest absolute Gasteiger partial charge is 0.355 e. The van der Waals surface area contributed by atoms with E-state index in [-0.39, 0.29) is 5.91 Å². The summed E-state index contributed by atoms with van der Waals surface area (Å²) in [7, 11) is 0. The van der Waals surface area contributed by atoms with Crippen molar-refractivity contribution in [3.8, 4) is 0 Å². The lowest BCUT2D eigenvalue weighted by Gasteiger charge is -2.12. The molecule has 2 N–H and O–H groups in total. The van der Waals surface area contributed by atoms with Crippen LogP contribution in [0.5, 0.6) is 0 Å². The van der Waals surface area contributed by atoms with Crippen LogP contribution in [0.15, 0.2) is 4.52 Å². The fraction of sp³-hybridized carbons (Fsp3) is 0.786. The SMILES string of the molecule is CCCc1noc(CCCC(=O)NC[C@@H](C)NCC)n1. The molecule has 0 spiro atoms. The lowest BCUT2D eigenvalue weighted by atomic mass is 10.2. The minimum absolute atomic E-state index is 0.0723. The number of rotatable bonds is 10. The Balaban J connectivity index is 2.14. The van der Waals surface area contributed by atoms with Crippen LogP contribution in [0.4, 0.5) is 0 Å². The number of nitrogens with zero attached hydrogens (tertiary/aromatic N) is 2. The van der Waals surface area contributed by atoms with Gasteiger partial charge in [-0.05, 0) is 26.3 Å². The molecule has 0 bridgehead atoms. The molecule has 6 nitrogen and oxygen atoms in total. The monoisotopic (exact) mass is 282 g/mol. The minimum Gasteiger partial charge on any atom is -0.355 e. The molecular formula is C14H26N4O2. The number of hydrogen-bond donors (Lipinski definition) is 2. The van der Waals surface area contributed by atoms with E-state index >= 15 is 0 Å². The third-order valence-corrected chi connectivity index (χ3v) is 2.94.